The third kappa shape index (κ3) is 1.89. The molecule has 0 fully saturated rings. The van der Waals surface area contributed by atoms with Crippen molar-refractivity contribution >= 4 is 23.4 Å². The zero-order chi connectivity index (χ0) is 10.0. The molecular weight excluding hydrogens is 208 g/mol. The average molecular weight is 219 g/mol. The van der Waals surface area contributed by atoms with Crippen molar-refractivity contribution in [3.05, 3.63) is 21.1 Å². The van der Waals surface area contributed by atoms with Crippen LogP contribution >= 0.6 is 23.4 Å². The Morgan fingerprint density at radius 2 is 2.23 bits per heavy atom. The standard InChI is InChI=1S/C8H11ClN2OS/c1-4-11-7(12)5(2)6(9)10-8(11)13-3/h4H2,1-3H3. The van der Waals surface area contributed by atoms with E-state index in [1.54, 1.807) is 11.5 Å². The van der Waals surface area contributed by atoms with E-state index in [0.29, 0.717) is 22.4 Å². The van der Waals surface area contributed by atoms with Crippen LogP contribution in [0.1, 0.15) is 12.5 Å². The molecule has 1 aromatic heterocycles. The lowest BCUT2D eigenvalue weighted by atomic mass is 10.4. The normalized spacial score (nSPS) is 10.5. The molecule has 0 saturated carbocycles. The predicted octanol–water partition coefficient (Wildman–Crippen LogP) is 1.95. The second-order valence-electron chi connectivity index (χ2n) is 2.56. The Hall–Kier alpha value is -0.480. The highest BCUT2D eigenvalue weighted by Crippen LogP contribution is 2.15. The monoisotopic (exact) mass is 218 g/mol. The molecule has 0 amide bonds. The Kier molecular flexibility index (Phi) is 3.39. The Bertz CT molecular complexity index is 375. The lowest BCUT2D eigenvalue weighted by molar-refractivity contribution is 0.618. The summed E-state index contributed by atoms with van der Waals surface area (Å²) in [5.41, 5.74) is 0.466. The van der Waals surface area contributed by atoms with Crippen LogP contribution in [0.25, 0.3) is 0 Å². The van der Waals surface area contributed by atoms with Gasteiger partial charge in [0, 0.05) is 6.54 Å². The summed E-state index contributed by atoms with van der Waals surface area (Å²) in [6.07, 6.45) is 1.87. The molecule has 0 spiro atoms. The minimum absolute atomic E-state index is 0.0492. The minimum atomic E-state index is -0.0492. The maximum atomic E-state index is 11.6. The minimum Gasteiger partial charge on any atom is -0.288 e. The zero-order valence-electron chi connectivity index (χ0n) is 7.80. The van der Waals surface area contributed by atoms with E-state index in [4.69, 9.17) is 11.6 Å². The fourth-order valence-corrected chi connectivity index (χ4v) is 1.87. The van der Waals surface area contributed by atoms with Crippen molar-refractivity contribution in [2.45, 2.75) is 25.5 Å². The van der Waals surface area contributed by atoms with Crippen molar-refractivity contribution in [1.82, 2.24) is 9.55 Å². The van der Waals surface area contributed by atoms with Gasteiger partial charge < -0.3 is 0 Å². The van der Waals surface area contributed by atoms with Crippen molar-refractivity contribution < 1.29 is 0 Å². The van der Waals surface area contributed by atoms with E-state index in [1.165, 1.54) is 11.8 Å². The molecule has 1 rings (SSSR count). The number of aromatic nitrogens is 2. The summed E-state index contributed by atoms with van der Waals surface area (Å²) in [7, 11) is 0. The van der Waals surface area contributed by atoms with Gasteiger partial charge in [0.1, 0.15) is 5.15 Å². The maximum absolute atomic E-state index is 11.6. The number of rotatable bonds is 2. The smallest absolute Gasteiger partial charge is 0.258 e. The van der Waals surface area contributed by atoms with Crippen molar-refractivity contribution in [1.29, 1.82) is 0 Å². The number of hydrogen-bond acceptors (Lipinski definition) is 3. The highest BCUT2D eigenvalue weighted by atomic mass is 35.5. The summed E-state index contributed by atoms with van der Waals surface area (Å²) in [6.45, 7) is 4.23. The van der Waals surface area contributed by atoms with Gasteiger partial charge in [-0.3, -0.25) is 9.36 Å². The highest BCUT2D eigenvalue weighted by Gasteiger charge is 2.09. The Balaban J connectivity index is 3.48. The van der Waals surface area contributed by atoms with E-state index in [2.05, 4.69) is 4.98 Å². The van der Waals surface area contributed by atoms with Crippen molar-refractivity contribution in [2.24, 2.45) is 0 Å². The first-order valence-electron chi connectivity index (χ1n) is 3.92. The molecule has 1 heterocycles. The third-order valence-corrected chi connectivity index (χ3v) is 2.84. The molecule has 0 aromatic carbocycles. The van der Waals surface area contributed by atoms with E-state index >= 15 is 0 Å². The van der Waals surface area contributed by atoms with Crippen LogP contribution in [0.2, 0.25) is 5.15 Å². The summed E-state index contributed by atoms with van der Waals surface area (Å²) < 4.78 is 1.62. The third-order valence-electron chi connectivity index (χ3n) is 1.80. The van der Waals surface area contributed by atoms with E-state index < -0.39 is 0 Å². The summed E-state index contributed by atoms with van der Waals surface area (Å²) in [4.78, 5) is 15.7. The van der Waals surface area contributed by atoms with Crippen LogP contribution in [-0.2, 0) is 6.54 Å². The van der Waals surface area contributed by atoms with Gasteiger partial charge in [-0.05, 0) is 20.1 Å². The Morgan fingerprint density at radius 3 is 2.69 bits per heavy atom. The van der Waals surface area contributed by atoms with Crippen LogP contribution in [0.3, 0.4) is 0 Å². The lowest BCUT2D eigenvalue weighted by Crippen LogP contribution is -2.24. The molecule has 0 unspecified atom stereocenters. The van der Waals surface area contributed by atoms with Gasteiger partial charge in [-0.1, -0.05) is 23.4 Å². The largest absolute Gasteiger partial charge is 0.288 e. The molecule has 72 valence electrons. The Morgan fingerprint density at radius 1 is 1.62 bits per heavy atom. The first kappa shape index (κ1) is 10.6. The number of thioether (sulfide) groups is 1. The van der Waals surface area contributed by atoms with Crippen molar-refractivity contribution in [2.75, 3.05) is 6.26 Å². The molecular formula is C8H11ClN2OS. The molecule has 0 atom stereocenters. The number of halogens is 1. The second-order valence-corrected chi connectivity index (χ2v) is 3.70. The van der Waals surface area contributed by atoms with Crippen molar-refractivity contribution in [3.63, 3.8) is 0 Å². The van der Waals surface area contributed by atoms with Gasteiger partial charge in [0.2, 0.25) is 0 Å². The van der Waals surface area contributed by atoms with E-state index in [9.17, 15) is 4.79 Å². The van der Waals surface area contributed by atoms with E-state index in [1.807, 2.05) is 13.2 Å². The summed E-state index contributed by atoms with van der Waals surface area (Å²) in [5.74, 6) is 0. The molecule has 13 heavy (non-hydrogen) atoms. The van der Waals surface area contributed by atoms with Gasteiger partial charge >= 0.3 is 0 Å². The van der Waals surface area contributed by atoms with Crippen LogP contribution in [0, 0.1) is 6.92 Å². The molecule has 0 aliphatic rings. The molecule has 0 bridgehead atoms. The van der Waals surface area contributed by atoms with Crippen LogP contribution in [0.15, 0.2) is 9.95 Å². The molecule has 3 nitrogen and oxygen atoms in total. The van der Waals surface area contributed by atoms with E-state index in [-0.39, 0.29) is 5.56 Å². The average Bonchev–Trinajstić information content (AvgIpc) is 2.13. The summed E-state index contributed by atoms with van der Waals surface area (Å²) in [5, 5.41) is 0.974. The quantitative estimate of drug-likeness (QED) is 0.432. The molecule has 0 aliphatic heterocycles. The topological polar surface area (TPSA) is 34.9 Å². The zero-order valence-corrected chi connectivity index (χ0v) is 9.37. The Labute approximate surface area is 86.1 Å². The van der Waals surface area contributed by atoms with Crippen LogP contribution in [-0.4, -0.2) is 15.8 Å². The molecule has 5 heteroatoms. The molecule has 0 aliphatic carbocycles. The highest BCUT2D eigenvalue weighted by molar-refractivity contribution is 7.98. The van der Waals surface area contributed by atoms with E-state index in [0.717, 1.165) is 0 Å². The van der Waals surface area contributed by atoms with Gasteiger partial charge in [-0.25, -0.2) is 4.98 Å². The molecule has 1 aromatic rings. The first-order chi connectivity index (χ1) is 6.11. The van der Waals surface area contributed by atoms with Crippen molar-refractivity contribution in [3.8, 4) is 0 Å². The summed E-state index contributed by atoms with van der Waals surface area (Å²) in [6, 6.07) is 0. The summed E-state index contributed by atoms with van der Waals surface area (Å²) >= 11 is 7.21. The van der Waals surface area contributed by atoms with Gasteiger partial charge in [-0.2, -0.15) is 0 Å². The van der Waals surface area contributed by atoms with Gasteiger partial charge in [0.15, 0.2) is 5.16 Å². The van der Waals surface area contributed by atoms with Crippen LogP contribution < -0.4 is 5.56 Å². The number of hydrogen-bond donors (Lipinski definition) is 0. The molecule has 0 radical (unpaired) electrons. The van der Waals surface area contributed by atoms with Crippen LogP contribution in [0.5, 0.6) is 0 Å². The second kappa shape index (κ2) is 4.15. The SMILES string of the molecule is CCn1c(SC)nc(Cl)c(C)c1=O. The lowest BCUT2D eigenvalue weighted by Gasteiger charge is -2.08. The van der Waals surface area contributed by atoms with Gasteiger partial charge in [0.05, 0.1) is 5.56 Å². The molecule has 0 saturated heterocycles. The maximum Gasteiger partial charge on any atom is 0.258 e. The van der Waals surface area contributed by atoms with Gasteiger partial charge in [0.25, 0.3) is 5.56 Å². The fraction of sp³-hybridized carbons (Fsp3) is 0.500. The number of nitrogens with zero attached hydrogens (tertiary/aromatic N) is 2. The fourth-order valence-electron chi connectivity index (χ4n) is 1.04. The molecule has 0 N–H and O–H groups in total. The van der Waals surface area contributed by atoms with Crippen LogP contribution in [0.4, 0.5) is 0 Å². The van der Waals surface area contributed by atoms with Gasteiger partial charge in [-0.15, -0.1) is 0 Å². The predicted molar refractivity (Wildman–Crippen MR) is 55.7 cm³/mol. The first-order valence-corrected chi connectivity index (χ1v) is 5.53.